The molecule has 0 spiro atoms. The van der Waals surface area contributed by atoms with Crippen LogP contribution in [0.2, 0.25) is 17.6 Å². The summed E-state index contributed by atoms with van der Waals surface area (Å²) in [7, 11) is 2.99. The first-order valence-corrected chi connectivity index (χ1v) is 7.69. The first-order chi connectivity index (χ1) is 6.33. The summed E-state index contributed by atoms with van der Waals surface area (Å²) in [5.74, 6) is 0. The minimum Gasteiger partial charge on any atom is -0.356 e. The van der Waals surface area contributed by atoms with Crippen molar-refractivity contribution in [3.8, 4) is 0 Å². The number of hydrogen-bond acceptors (Lipinski definition) is 2. The molecule has 1 rings (SSSR count). The van der Waals surface area contributed by atoms with Gasteiger partial charge in [-0.2, -0.15) is 0 Å². The topological polar surface area (TPSA) is 18.5 Å². The van der Waals surface area contributed by atoms with Crippen LogP contribution in [-0.2, 0) is 9.47 Å². The zero-order chi connectivity index (χ0) is 9.68. The summed E-state index contributed by atoms with van der Waals surface area (Å²) in [6.45, 7) is 2.26. The Morgan fingerprint density at radius 1 is 1.15 bits per heavy atom. The minimum atomic E-state index is -0.539. The van der Waals surface area contributed by atoms with Crippen molar-refractivity contribution in [2.24, 2.45) is 0 Å². The van der Waals surface area contributed by atoms with Crippen LogP contribution in [-0.4, -0.2) is 29.3 Å². The molecule has 0 aromatic rings. The second-order valence-corrected chi connectivity index (χ2v) is 7.49. The molecule has 0 saturated carbocycles. The predicted molar refractivity (Wildman–Crippen MR) is 57.8 cm³/mol. The van der Waals surface area contributed by atoms with Crippen LogP contribution in [0.3, 0.4) is 0 Å². The molecule has 0 radical (unpaired) electrons. The minimum absolute atomic E-state index is 0.0692. The summed E-state index contributed by atoms with van der Waals surface area (Å²) in [6, 6.07) is 3.00. The van der Waals surface area contributed by atoms with Crippen molar-refractivity contribution >= 4 is 8.80 Å². The lowest BCUT2D eigenvalue weighted by atomic mass is 10.3. The quantitative estimate of drug-likeness (QED) is 0.503. The molecular formula is C10H22O2Si. The van der Waals surface area contributed by atoms with Gasteiger partial charge in [0.2, 0.25) is 0 Å². The molecule has 1 unspecified atom stereocenters. The van der Waals surface area contributed by atoms with Crippen LogP contribution in [0.5, 0.6) is 0 Å². The molecule has 0 N–H and O–H groups in total. The van der Waals surface area contributed by atoms with Gasteiger partial charge in [0.25, 0.3) is 0 Å². The highest BCUT2D eigenvalue weighted by Gasteiger charge is 2.31. The molecular weight excluding hydrogens is 180 g/mol. The van der Waals surface area contributed by atoms with Gasteiger partial charge in [-0.3, -0.25) is 0 Å². The summed E-state index contributed by atoms with van der Waals surface area (Å²) >= 11 is 0. The second-order valence-electron chi connectivity index (χ2n) is 3.96. The van der Waals surface area contributed by atoms with E-state index in [-0.39, 0.29) is 6.29 Å². The van der Waals surface area contributed by atoms with E-state index in [0.717, 1.165) is 5.54 Å². The van der Waals surface area contributed by atoms with E-state index in [2.05, 4.69) is 6.92 Å². The van der Waals surface area contributed by atoms with Crippen LogP contribution in [0, 0.1) is 0 Å². The van der Waals surface area contributed by atoms with E-state index in [0.29, 0.717) is 0 Å². The molecule has 13 heavy (non-hydrogen) atoms. The van der Waals surface area contributed by atoms with Crippen molar-refractivity contribution in [1.29, 1.82) is 0 Å². The summed E-state index contributed by atoms with van der Waals surface area (Å²) in [4.78, 5) is 0. The average molecular weight is 202 g/mol. The maximum atomic E-state index is 5.38. The Bertz CT molecular complexity index is 129. The molecule has 0 aliphatic carbocycles. The first kappa shape index (κ1) is 11.2. The molecule has 1 aliphatic heterocycles. The van der Waals surface area contributed by atoms with Crippen LogP contribution in [0.15, 0.2) is 0 Å². The molecule has 1 aliphatic rings. The Hall–Kier alpha value is 0.137. The molecule has 0 aromatic carbocycles. The van der Waals surface area contributed by atoms with Crippen molar-refractivity contribution in [2.75, 3.05) is 14.2 Å². The van der Waals surface area contributed by atoms with Gasteiger partial charge in [-0.25, -0.2) is 0 Å². The van der Waals surface area contributed by atoms with Crippen molar-refractivity contribution < 1.29 is 9.47 Å². The van der Waals surface area contributed by atoms with E-state index in [1.54, 1.807) is 14.2 Å². The van der Waals surface area contributed by atoms with E-state index in [4.69, 9.17) is 9.47 Å². The zero-order valence-electron chi connectivity index (χ0n) is 9.08. The Morgan fingerprint density at radius 3 is 2.08 bits per heavy atom. The molecule has 1 saturated heterocycles. The molecule has 3 heteroatoms. The molecule has 1 atom stereocenters. The first-order valence-electron chi connectivity index (χ1n) is 5.39. The average Bonchev–Trinajstić information content (AvgIpc) is 2.66. The lowest BCUT2D eigenvalue weighted by molar-refractivity contribution is -0.106. The maximum Gasteiger partial charge on any atom is 0.156 e. The van der Waals surface area contributed by atoms with Crippen molar-refractivity contribution in [2.45, 2.75) is 50.1 Å². The van der Waals surface area contributed by atoms with E-state index < -0.39 is 8.80 Å². The SMILES string of the molecule is CCC(C(OC)OC)[SiH]1CCCC1. The third-order valence-corrected chi connectivity index (χ3v) is 7.59. The van der Waals surface area contributed by atoms with Gasteiger partial charge < -0.3 is 9.47 Å². The number of ether oxygens (including phenoxy) is 2. The van der Waals surface area contributed by atoms with Crippen LogP contribution < -0.4 is 0 Å². The highest BCUT2D eigenvalue weighted by atomic mass is 28.3. The summed E-state index contributed by atoms with van der Waals surface area (Å²) < 4.78 is 10.8. The molecule has 1 heterocycles. The van der Waals surface area contributed by atoms with Gasteiger partial charge in [-0.1, -0.05) is 38.3 Å². The summed E-state index contributed by atoms with van der Waals surface area (Å²) in [5, 5.41) is 0. The van der Waals surface area contributed by atoms with Gasteiger partial charge in [-0.15, -0.1) is 0 Å². The van der Waals surface area contributed by atoms with E-state index >= 15 is 0 Å². The van der Waals surface area contributed by atoms with Gasteiger partial charge in [0.05, 0.1) is 0 Å². The number of methoxy groups -OCH3 is 2. The molecule has 1 fully saturated rings. The third kappa shape index (κ3) is 2.79. The summed E-state index contributed by atoms with van der Waals surface area (Å²) in [5.41, 5.74) is 0.734. The highest BCUT2D eigenvalue weighted by Crippen LogP contribution is 2.34. The Labute approximate surface area is 83.2 Å². The van der Waals surface area contributed by atoms with Gasteiger partial charge in [0.1, 0.15) is 0 Å². The van der Waals surface area contributed by atoms with Crippen LogP contribution >= 0.6 is 0 Å². The fourth-order valence-electron chi connectivity index (χ4n) is 2.58. The third-order valence-electron chi connectivity index (χ3n) is 3.29. The molecule has 2 nitrogen and oxygen atoms in total. The molecule has 78 valence electrons. The van der Waals surface area contributed by atoms with Crippen LogP contribution in [0.25, 0.3) is 0 Å². The van der Waals surface area contributed by atoms with Crippen LogP contribution in [0.4, 0.5) is 0 Å². The second kappa shape index (κ2) is 5.78. The van der Waals surface area contributed by atoms with E-state index in [1.807, 2.05) is 0 Å². The lowest BCUT2D eigenvalue weighted by Gasteiger charge is -2.27. The van der Waals surface area contributed by atoms with Crippen molar-refractivity contribution in [3.05, 3.63) is 0 Å². The number of hydrogen-bond donors (Lipinski definition) is 0. The summed E-state index contributed by atoms with van der Waals surface area (Å²) in [6.07, 6.45) is 4.20. The lowest BCUT2D eigenvalue weighted by Crippen LogP contribution is -2.30. The van der Waals surface area contributed by atoms with E-state index in [9.17, 15) is 0 Å². The van der Waals surface area contributed by atoms with Gasteiger partial charge in [-0.05, 0) is 0 Å². The zero-order valence-corrected chi connectivity index (χ0v) is 10.2. The smallest absolute Gasteiger partial charge is 0.156 e. The Balaban J connectivity index is 2.48. The van der Waals surface area contributed by atoms with Gasteiger partial charge in [0, 0.05) is 28.6 Å². The van der Waals surface area contributed by atoms with Gasteiger partial charge in [0.15, 0.2) is 6.29 Å². The standard InChI is InChI=1S/C10H22O2Si/c1-4-9(10(11-2)12-3)13-7-5-6-8-13/h9-10,13H,4-8H2,1-3H3. The normalized spacial score (nSPS) is 21.2. The van der Waals surface area contributed by atoms with Crippen molar-refractivity contribution in [3.63, 3.8) is 0 Å². The largest absolute Gasteiger partial charge is 0.356 e. The fraction of sp³-hybridized carbons (Fsp3) is 1.00. The Morgan fingerprint density at radius 2 is 1.69 bits per heavy atom. The molecule has 0 aromatic heterocycles. The predicted octanol–water partition coefficient (Wildman–Crippen LogP) is 2.41. The van der Waals surface area contributed by atoms with E-state index in [1.165, 1.54) is 31.4 Å². The monoisotopic (exact) mass is 202 g/mol. The number of rotatable bonds is 5. The molecule has 0 bridgehead atoms. The maximum absolute atomic E-state index is 5.38. The van der Waals surface area contributed by atoms with Crippen molar-refractivity contribution in [1.82, 2.24) is 0 Å². The molecule has 0 amide bonds. The van der Waals surface area contributed by atoms with Gasteiger partial charge >= 0.3 is 0 Å². The van der Waals surface area contributed by atoms with Crippen LogP contribution in [0.1, 0.15) is 26.2 Å². The fourth-order valence-corrected chi connectivity index (χ4v) is 6.78. The highest BCUT2D eigenvalue weighted by molar-refractivity contribution is 6.61. The Kier molecular flexibility index (Phi) is 4.99.